The summed E-state index contributed by atoms with van der Waals surface area (Å²) in [6.45, 7) is 6.69. The molecule has 2 atom stereocenters. The Hall–Kier alpha value is -0.680. The van der Waals surface area contributed by atoms with Gasteiger partial charge in [0.1, 0.15) is 6.23 Å². The molecule has 1 N–H and O–H groups in total. The lowest BCUT2D eigenvalue weighted by Crippen LogP contribution is -2.60. The third kappa shape index (κ3) is 1.62. The molecule has 0 radical (unpaired) electrons. The fraction of sp³-hybridized carbons (Fsp3) is 0.778. The van der Waals surface area contributed by atoms with Crippen molar-refractivity contribution in [1.82, 2.24) is 9.80 Å². The lowest BCUT2D eigenvalue weighted by Gasteiger charge is -2.42. The van der Waals surface area contributed by atoms with E-state index < -0.39 is 12.1 Å². The molecule has 4 nitrogen and oxygen atoms in total. The van der Waals surface area contributed by atoms with Crippen LogP contribution < -0.4 is 0 Å². The second-order valence-electron chi connectivity index (χ2n) is 3.35. The first-order valence-electron chi connectivity index (χ1n) is 4.84. The number of rotatable bonds is 2. The van der Waals surface area contributed by atoms with Crippen molar-refractivity contribution >= 4 is 23.2 Å². The zero-order valence-electron chi connectivity index (χ0n) is 8.73. The van der Waals surface area contributed by atoms with Crippen molar-refractivity contribution in [2.75, 3.05) is 13.1 Å². The second kappa shape index (κ2) is 4.23. The van der Waals surface area contributed by atoms with Gasteiger partial charge in [0.2, 0.25) is 5.91 Å². The summed E-state index contributed by atoms with van der Waals surface area (Å²) in [5.41, 5.74) is 0. The van der Waals surface area contributed by atoms with Crippen LogP contribution >= 0.6 is 12.2 Å². The first-order chi connectivity index (χ1) is 6.54. The van der Waals surface area contributed by atoms with E-state index in [9.17, 15) is 9.90 Å². The quantitative estimate of drug-likeness (QED) is 0.679. The maximum atomic E-state index is 11.7. The molecule has 1 heterocycles. The molecule has 1 aliphatic heterocycles. The highest BCUT2D eigenvalue weighted by Crippen LogP contribution is 2.20. The van der Waals surface area contributed by atoms with Crippen LogP contribution in [0.3, 0.4) is 0 Å². The van der Waals surface area contributed by atoms with Gasteiger partial charge in [0, 0.05) is 13.1 Å². The van der Waals surface area contributed by atoms with Crippen LogP contribution in [-0.2, 0) is 4.79 Å². The average molecular weight is 216 g/mol. The van der Waals surface area contributed by atoms with Crippen molar-refractivity contribution in [3.63, 3.8) is 0 Å². The van der Waals surface area contributed by atoms with Gasteiger partial charge in [-0.25, -0.2) is 0 Å². The molecular weight excluding hydrogens is 200 g/mol. The van der Waals surface area contributed by atoms with Gasteiger partial charge in [-0.1, -0.05) is 0 Å². The smallest absolute Gasteiger partial charge is 0.236 e. The van der Waals surface area contributed by atoms with E-state index in [-0.39, 0.29) is 5.91 Å². The standard InChI is InChI=1S/C9H16N2O2S/c1-4-10-7(12)6(3)8(13)11(5-2)9(10)14/h6-7,12H,4-5H2,1-3H3. The summed E-state index contributed by atoms with van der Waals surface area (Å²) in [4.78, 5) is 14.9. The Bertz CT molecular complexity index is 257. The zero-order chi connectivity index (χ0) is 10.9. The number of amides is 1. The molecule has 0 bridgehead atoms. The molecular formula is C9H16N2O2S. The number of thiocarbonyl (C=S) groups is 1. The van der Waals surface area contributed by atoms with E-state index in [0.29, 0.717) is 18.2 Å². The minimum absolute atomic E-state index is 0.0882. The fourth-order valence-electron chi connectivity index (χ4n) is 1.62. The maximum absolute atomic E-state index is 11.7. The van der Waals surface area contributed by atoms with E-state index in [1.807, 2.05) is 13.8 Å². The number of aliphatic hydroxyl groups excluding tert-OH is 1. The van der Waals surface area contributed by atoms with E-state index in [4.69, 9.17) is 12.2 Å². The minimum atomic E-state index is -0.775. The molecule has 1 saturated heterocycles. The van der Waals surface area contributed by atoms with E-state index in [0.717, 1.165) is 0 Å². The Morgan fingerprint density at radius 1 is 1.43 bits per heavy atom. The van der Waals surface area contributed by atoms with Gasteiger partial charge >= 0.3 is 0 Å². The Balaban J connectivity index is 2.94. The van der Waals surface area contributed by atoms with Crippen molar-refractivity contribution in [3.05, 3.63) is 0 Å². The van der Waals surface area contributed by atoms with Gasteiger partial charge in [-0.3, -0.25) is 9.69 Å². The molecule has 0 aromatic rings. The van der Waals surface area contributed by atoms with Gasteiger partial charge in [-0.2, -0.15) is 0 Å². The highest BCUT2D eigenvalue weighted by atomic mass is 32.1. The summed E-state index contributed by atoms with van der Waals surface area (Å²) in [6, 6.07) is 0. The summed E-state index contributed by atoms with van der Waals surface area (Å²) < 4.78 is 0. The highest BCUT2D eigenvalue weighted by molar-refractivity contribution is 7.80. The Kier molecular flexibility index (Phi) is 3.44. The predicted molar refractivity (Wildman–Crippen MR) is 57.5 cm³/mol. The molecule has 0 aromatic heterocycles. The number of hydrogen-bond acceptors (Lipinski definition) is 3. The lowest BCUT2D eigenvalue weighted by molar-refractivity contribution is -0.143. The molecule has 0 spiro atoms. The number of carbonyl (C=O) groups is 1. The number of carbonyl (C=O) groups excluding carboxylic acids is 1. The third-order valence-corrected chi connectivity index (χ3v) is 3.01. The van der Waals surface area contributed by atoms with Crippen LogP contribution in [0.2, 0.25) is 0 Å². The first-order valence-corrected chi connectivity index (χ1v) is 5.25. The molecule has 80 valence electrons. The van der Waals surface area contributed by atoms with Crippen LogP contribution in [0.15, 0.2) is 0 Å². The molecule has 1 aliphatic rings. The molecule has 2 unspecified atom stereocenters. The second-order valence-corrected chi connectivity index (χ2v) is 3.72. The van der Waals surface area contributed by atoms with Crippen LogP contribution in [0.5, 0.6) is 0 Å². The monoisotopic (exact) mass is 216 g/mol. The van der Waals surface area contributed by atoms with E-state index in [1.54, 1.807) is 11.8 Å². The highest BCUT2D eigenvalue weighted by Gasteiger charge is 2.39. The van der Waals surface area contributed by atoms with E-state index >= 15 is 0 Å². The van der Waals surface area contributed by atoms with E-state index in [2.05, 4.69) is 0 Å². The molecule has 5 heteroatoms. The summed E-state index contributed by atoms with van der Waals surface area (Å²) >= 11 is 5.12. The van der Waals surface area contributed by atoms with Crippen LogP contribution in [0.25, 0.3) is 0 Å². The zero-order valence-corrected chi connectivity index (χ0v) is 9.54. The molecule has 1 fully saturated rings. The normalized spacial score (nSPS) is 28.6. The summed E-state index contributed by atoms with van der Waals surface area (Å²) in [6.07, 6.45) is -0.775. The van der Waals surface area contributed by atoms with Gasteiger partial charge < -0.3 is 10.0 Å². The SMILES string of the molecule is CCN1C(=O)C(C)C(O)N(CC)C1=S. The van der Waals surface area contributed by atoms with Crippen molar-refractivity contribution < 1.29 is 9.90 Å². The predicted octanol–water partition coefficient (Wildman–Crippen LogP) is 0.410. The molecule has 1 amide bonds. The van der Waals surface area contributed by atoms with Crippen molar-refractivity contribution in [3.8, 4) is 0 Å². The molecule has 14 heavy (non-hydrogen) atoms. The summed E-state index contributed by atoms with van der Waals surface area (Å²) in [7, 11) is 0. The third-order valence-electron chi connectivity index (χ3n) is 2.56. The molecule has 1 rings (SSSR count). The van der Waals surface area contributed by atoms with Crippen molar-refractivity contribution in [1.29, 1.82) is 0 Å². The van der Waals surface area contributed by atoms with Gasteiger partial charge in [0.15, 0.2) is 5.11 Å². The molecule has 0 saturated carbocycles. The number of hydrogen-bond donors (Lipinski definition) is 1. The van der Waals surface area contributed by atoms with Gasteiger partial charge in [-0.15, -0.1) is 0 Å². The largest absolute Gasteiger partial charge is 0.373 e. The first kappa shape index (κ1) is 11.4. The number of nitrogens with zero attached hydrogens (tertiary/aromatic N) is 2. The van der Waals surface area contributed by atoms with Crippen molar-refractivity contribution in [2.45, 2.75) is 27.0 Å². The average Bonchev–Trinajstić information content (AvgIpc) is 2.16. The Morgan fingerprint density at radius 3 is 2.43 bits per heavy atom. The van der Waals surface area contributed by atoms with Crippen molar-refractivity contribution in [2.24, 2.45) is 5.92 Å². The Morgan fingerprint density at radius 2 is 2.00 bits per heavy atom. The molecule has 0 aromatic carbocycles. The van der Waals surface area contributed by atoms with Crippen LogP contribution in [0, 0.1) is 5.92 Å². The van der Waals surface area contributed by atoms with Gasteiger partial charge in [0.05, 0.1) is 5.92 Å². The summed E-state index contributed by atoms with van der Waals surface area (Å²) in [5, 5.41) is 10.2. The van der Waals surface area contributed by atoms with Crippen LogP contribution in [0.1, 0.15) is 20.8 Å². The fourth-order valence-corrected chi connectivity index (χ4v) is 2.08. The van der Waals surface area contributed by atoms with Gasteiger partial charge in [-0.05, 0) is 33.0 Å². The van der Waals surface area contributed by atoms with E-state index in [1.165, 1.54) is 4.90 Å². The topological polar surface area (TPSA) is 43.8 Å². The number of aliphatic hydroxyl groups is 1. The van der Waals surface area contributed by atoms with Crippen LogP contribution in [-0.4, -0.2) is 45.2 Å². The Labute approximate surface area is 89.5 Å². The van der Waals surface area contributed by atoms with Gasteiger partial charge in [0.25, 0.3) is 0 Å². The minimum Gasteiger partial charge on any atom is -0.373 e. The maximum Gasteiger partial charge on any atom is 0.236 e. The lowest BCUT2D eigenvalue weighted by atomic mass is 10.1. The van der Waals surface area contributed by atoms with Crippen LogP contribution in [0.4, 0.5) is 0 Å². The summed E-state index contributed by atoms with van der Waals surface area (Å²) in [5.74, 6) is -0.490. The molecule has 0 aliphatic carbocycles.